The third kappa shape index (κ3) is 5.48. The molecule has 1 saturated carbocycles. The van der Waals surface area contributed by atoms with Crippen LogP contribution in [0, 0.1) is 5.92 Å². The lowest BCUT2D eigenvalue weighted by Crippen LogP contribution is -2.17. The molecule has 162 valence electrons. The van der Waals surface area contributed by atoms with E-state index in [-0.39, 0.29) is 17.1 Å². The highest BCUT2D eigenvalue weighted by Crippen LogP contribution is 2.37. The van der Waals surface area contributed by atoms with Crippen molar-refractivity contribution in [3.63, 3.8) is 0 Å². The molecule has 5 nitrogen and oxygen atoms in total. The number of allylic oxidation sites excluding steroid dienone is 1. The minimum Gasteiger partial charge on any atom is -0.298 e. The van der Waals surface area contributed by atoms with E-state index < -0.39 is 32.4 Å². The number of nitrogens with zero attached hydrogens (tertiary/aromatic N) is 1. The van der Waals surface area contributed by atoms with Crippen LogP contribution in [-0.2, 0) is 20.8 Å². The number of aromatic nitrogens is 1. The molecule has 1 amide bonds. The van der Waals surface area contributed by atoms with Crippen molar-refractivity contribution >= 4 is 37.8 Å². The lowest BCUT2D eigenvalue weighted by Gasteiger charge is -2.20. The fourth-order valence-corrected chi connectivity index (χ4v) is 4.94. The number of rotatable bonds is 5. The minimum absolute atomic E-state index is 0.0226. The predicted octanol–water partition coefficient (Wildman–Crippen LogP) is 5.17. The molecule has 2 aromatic rings. The average Bonchev–Trinajstić information content (AvgIpc) is 3.18. The highest BCUT2D eigenvalue weighted by molar-refractivity contribution is 7.90. The second kappa shape index (κ2) is 8.89. The van der Waals surface area contributed by atoms with Gasteiger partial charge in [-0.15, -0.1) is 11.3 Å². The van der Waals surface area contributed by atoms with Gasteiger partial charge in [0.15, 0.2) is 15.0 Å². The van der Waals surface area contributed by atoms with Crippen molar-refractivity contribution in [2.45, 2.75) is 43.2 Å². The van der Waals surface area contributed by atoms with Gasteiger partial charge in [0.25, 0.3) is 5.91 Å². The summed E-state index contributed by atoms with van der Waals surface area (Å²) in [6.45, 7) is 0. The van der Waals surface area contributed by atoms with E-state index in [2.05, 4.69) is 10.3 Å². The molecule has 30 heavy (non-hydrogen) atoms. The zero-order valence-electron chi connectivity index (χ0n) is 16.2. The Morgan fingerprint density at radius 3 is 2.50 bits per heavy atom. The van der Waals surface area contributed by atoms with Crippen molar-refractivity contribution in [2.75, 3.05) is 11.6 Å². The molecule has 0 unspecified atom stereocenters. The Morgan fingerprint density at radius 2 is 1.93 bits per heavy atom. The Hall–Kier alpha value is -2.20. The normalized spacial score (nSPS) is 16.5. The number of sulfone groups is 1. The van der Waals surface area contributed by atoms with E-state index >= 15 is 0 Å². The molecular formula is C20H21F3N2O3S2. The standard InChI is InChI=1S/C20H21F3N2O3S2/c1-30(27,28)17-8-7-14(12-16(17)20(21,22)23)15(11-13-5-3-2-4-6-13)18(26)25-19-24-9-10-29-19/h7-13H,2-6H2,1H3,(H,24,25,26). The van der Waals surface area contributed by atoms with Gasteiger partial charge in [-0.2, -0.15) is 13.2 Å². The Bertz CT molecular complexity index is 1040. The molecule has 10 heteroatoms. The van der Waals surface area contributed by atoms with Crippen LogP contribution in [0.4, 0.5) is 18.3 Å². The summed E-state index contributed by atoms with van der Waals surface area (Å²) >= 11 is 1.19. The summed E-state index contributed by atoms with van der Waals surface area (Å²) in [7, 11) is -4.10. The fourth-order valence-electron chi connectivity index (χ4n) is 3.53. The van der Waals surface area contributed by atoms with Gasteiger partial charge < -0.3 is 0 Å². The summed E-state index contributed by atoms with van der Waals surface area (Å²) < 4.78 is 64.5. The second-order valence-electron chi connectivity index (χ2n) is 7.25. The largest absolute Gasteiger partial charge is 0.417 e. The number of anilines is 1. The molecule has 1 aliphatic rings. The minimum atomic E-state index is -4.88. The van der Waals surface area contributed by atoms with Crippen LogP contribution in [0.2, 0.25) is 0 Å². The number of hydrogen-bond acceptors (Lipinski definition) is 5. The first-order valence-corrected chi connectivity index (χ1v) is 12.2. The molecule has 1 aromatic carbocycles. The maximum atomic E-state index is 13.6. The van der Waals surface area contributed by atoms with E-state index in [4.69, 9.17) is 0 Å². The van der Waals surface area contributed by atoms with Crippen LogP contribution in [0.5, 0.6) is 0 Å². The van der Waals surface area contributed by atoms with Gasteiger partial charge in [0, 0.05) is 23.4 Å². The first-order chi connectivity index (χ1) is 14.1. The summed E-state index contributed by atoms with van der Waals surface area (Å²) in [6, 6.07) is 2.91. The van der Waals surface area contributed by atoms with Crippen LogP contribution in [0.15, 0.2) is 40.7 Å². The van der Waals surface area contributed by atoms with Crippen molar-refractivity contribution in [1.82, 2.24) is 4.98 Å². The van der Waals surface area contributed by atoms with Crippen LogP contribution >= 0.6 is 11.3 Å². The Labute approximate surface area is 177 Å². The van der Waals surface area contributed by atoms with Crippen LogP contribution in [0.1, 0.15) is 43.2 Å². The summed E-state index contributed by atoms with van der Waals surface area (Å²) in [4.78, 5) is 16.1. The zero-order valence-corrected chi connectivity index (χ0v) is 17.8. The molecule has 0 aliphatic heterocycles. The van der Waals surface area contributed by atoms with Crippen LogP contribution in [0.3, 0.4) is 0 Å². The quantitative estimate of drug-likeness (QED) is 0.628. The van der Waals surface area contributed by atoms with Crippen molar-refractivity contribution < 1.29 is 26.4 Å². The molecule has 0 atom stereocenters. The highest BCUT2D eigenvalue weighted by atomic mass is 32.2. The molecule has 1 heterocycles. The van der Waals surface area contributed by atoms with Gasteiger partial charge in [0.05, 0.1) is 10.5 Å². The first-order valence-electron chi connectivity index (χ1n) is 9.40. The SMILES string of the molecule is CS(=O)(=O)c1ccc(C(=CC2CCCCC2)C(=O)Nc2nccs2)cc1C(F)(F)F. The van der Waals surface area contributed by atoms with Crippen molar-refractivity contribution in [2.24, 2.45) is 5.92 Å². The number of carbonyl (C=O) groups excluding carboxylic acids is 1. The molecule has 0 radical (unpaired) electrons. The predicted molar refractivity (Wildman–Crippen MR) is 110 cm³/mol. The Balaban J connectivity index is 2.08. The van der Waals surface area contributed by atoms with Gasteiger partial charge in [0.1, 0.15) is 0 Å². The Kier molecular flexibility index (Phi) is 6.66. The number of benzene rings is 1. The third-order valence-corrected chi connectivity index (χ3v) is 6.79. The number of thiazole rings is 1. The van der Waals surface area contributed by atoms with E-state index in [1.54, 1.807) is 11.5 Å². The summed E-state index contributed by atoms with van der Waals surface area (Å²) in [5.74, 6) is -0.504. The summed E-state index contributed by atoms with van der Waals surface area (Å²) in [5, 5.41) is 4.62. The summed E-state index contributed by atoms with van der Waals surface area (Å²) in [5.41, 5.74) is -1.17. The van der Waals surface area contributed by atoms with Gasteiger partial charge in [0.2, 0.25) is 0 Å². The second-order valence-corrected chi connectivity index (χ2v) is 10.1. The first kappa shape index (κ1) is 22.5. The Morgan fingerprint density at radius 1 is 1.23 bits per heavy atom. The average molecular weight is 459 g/mol. The number of amides is 1. The molecule has 0 saturated heterocycles. The fraction of sp³-hybridized carbons (Fsp3) is 0.400. The van der Waals surface area contributed by atoms with Gasteiger partial charge in [-0.3, -0.25) is 10.1 Å². The molecule has 0 spiro atoms. The van der Waals surface area contributed by atoms with E-state index in [1.807, 2.05) is 0 Å². The monoisotopic (exact) mass is 458 g/mol. The highest BCUT2D eigenvalue weighted by Gasteiger charge is 2.37. The number of carbonyl (C=O) groups is 1. The third-order valence-electron chi connectivity index (χ3n) is 4.95. The number of alkyl halides is 3. The smallest absolute Gasteiger partial charge is 0.298 e. The summed E-state index contributed by atoms with van der Waals surface area (Å²) in [6.07, 6.45) is 3.83. The molecule has 1 aromatic heterocycles. The van der Waals surface area contributed by atoms with Gasteiger partial charge in [-0.05, 0) is 36.5 Å². The van der Waals surface area contributed by atoms with Crippen molar-refractivity contribution in [3.8, 4) is 0 Å². The van der Waals surface area contributed by atoms with Gasteiger partial charge >= 0.3 is 6.18 Å². The lowest BCUT2D eigenvalue weighted by atomic mass is 9.86. The molecule has 3 rings (SSSR count). The van der Waals surface area contributed by atoms with Crippen LogP contribution in [-0.4, -0.2) is 25.6 Å². The topological polar surface area (TPSA) is 76.1 Å². The lowest BCUT2D eigenvalue weighted by molar-refractivity contribution is -0.139. The van der Waals surface area contributed by atoms with E-state index in [1.165, 1.54) is 23.6 Å². The molecule has 1 aliphatic carbocycles. The number of halogens is 3. The van der Waals surface area contributed by atoms with E-state index in [9.17, 15) is 26.4 Å². The van der Waals surface area contributed by atoms with E-state index in [0.29, 0.717) is 5.13 Å². The number of hydrogen-bond donors (Lipinski definition) is 1. The van der Waals surface area contributed by atoms with E-state index in [0.717, 1.165) is 50.5 Å². The van der Waals surface area contributed by atoms with Crippen molar-refractivity contribution in [3.05, 3.63) is 47.0 Å². The zero-order chi connectivity index (χ0) is 21.9. The molecular weight excluding hydrogens is 437 g/mol. The molecule has 1 N–H and O–H groups in total. The van der Waals surface area contributed by atoms with Crippen LogP contribution < -0.4 is 5.32 Å². The van der Waals surface area contributed by atoms with Gasteiger partial charge in [-0.25, -0.2) is 13.4 Å². The number of nitrogens with one attached hydrogen (secondary N) is 1. The molecule has 1 fully saturated rings. The maximum Gasteiger partial charge on any atom is 0.417 e. The molecule has 0 bridgehead atoms. The maximum absolute atomic E-state index is 13.6. The van der Waals surface area contributed by atoms with Crippen LogP contribution in [0.25, 0.3) is 5.57 Å². The van der Waals surface area contributed by atoms with Gasteiger partial charge in [-0.1, -0.05) is 31.4 Å². The van der Waals surface area contributed by atoms with Crippen molar-refractivity contribution in [1.29, 1.82) is 0 Å².